The summed E-state index contributed by atoms with van der Waals surface area (Å²) in [6, 6.07) is 16.1. The average Bonchev–Trinajstić information content (AvgIpc) is 3.44. The lowest BCUT2D eigenvalue weighted by atomic mass is 10.1. The van der Waals surface area contributed by atoms with Crippen LogP contribution in [0.1, 0.15) is 22.8 Å². The lowest BCUT2D eigenvalue weighted by Crippen LogP contribution is -2.35. The molecule has 0 aliphatic carbocycles. The van der Waals surface area contributed by atoms with Crippen molar-refractivity contribution in [3.63, 3.8) is 0 Å². The first-order valence-electron chi connectivity index (χ1n) is 14.9. The van der Waals surface area contributed by atoms with E-state index in [0.29, 0.717) is 27.9 Å². The Morgan fingerprint density at radius 3 is 1.73 bits per heavy atom. The summed E-state index contributed by atoms with van der Waals surface area (Å²) in [6.45, 7) is 0.979. The van der Waals surface area contributed by atoms with Crippen molar-refractivity contribution in [2.24, 2.45) is 0 Å². The first-order valence-corrected chi connectivity index (χ1v) is 14.9. The van der Waals surface area contributed by atoms with Crippen molar-refractivity contribution in [3.8, 4) is 22.8 Å². The topological polar surface area (TPSA) is 214 Å². The second-order valence-electron chi connectivity index (χ2n) is 10.7. The third-order valence-electron chi connectivity index (χ3n) is 6.98. The molecule has 0 bridgehead atoms. The van der Waals surface area contributed by atoms with E-state index in [9.17, 15) is 44.4 Å². The Labute approximate surface area is 279 Å². The molecular weight excluding hydrogens is 644 g/mol. The number of benzene rings is 3. The molecule has 49 heavy (non-hydrogen) atoms. The van der Waals surface area contributed by atoms with Gasteiger partial charge in [0.05, 0.1) is 23.5 Å². The van der Waals surface area contributed by atoms with Gasteiger partial charge >= 0.3 is 29.8 Å². The number of nitrogens with zero attached hydrogens (tertiary/aromatic N) is 2. The van der Waals surface area contributed by atoms with E-state index in [1.165, 1.54) is 6.07 Å². The van der Waals surface area contributed by atoms with Crippen molar-refractivity contribution < 1.29 is 63.0 Å². The number of fused-ring (bicyclic) bond motifs is 1. The molecule has 0 radical (unpaired) electrons. The Hall–Kier alpha value is -6.25. The number of carboxylic acids is 4. The fourth-order valence-electron chi connectivity index (χ4n) is 4.95. The van der Waals surface area contributed by atoms with E-state index < -0.39 is 56.0 Å². The van der Waals surface area contributed by atoms with Crippen LogP contribution in [0.15, 0.2) is 65.1 Å². The van der Waals surface area contributed by atoms with Gasteiger partial charge < -0.3 is 48.9 Å². The van der Waals surface area contributed by atoms with Crippen molar-refractivity contribution in [2.75, 3.05) is 55.8 Å². The number of anilines is 2. The fraction of sp³-hybridized carbons (Fsp3) is 0.265. The molecule has 0 aliphatic rings. The van der Waals surface area contributed by atoms with Crippen LogP contribution in [0.25, 0.3) is 22.3 Å². The molecule has 3 aromatic carbocycles. The van der Waals surface area contributed by atoms with Gasteiger partial charge in [0, 0.05) is 17.0 Å². The summed E-state index contributed by atoms with van der Waals surface area (Å²) >= 11 is 0. The van der Waals surface area contributed by atoms with Crippen LogP contribution in [-0.2, 0) is 23.9 Å². The van der Waals surface area contributed by atoms with Crippen molar-refractivity contribution in [3.05, 3.63) is 71.8 Å². The van der Waals surface area contributed by atoms with E-state index in [4.69, 9.17) is 18.6 Å². The van der Waals surface area contributed by atoms with E-state index in [1.54, 1.807) is 68.4 Å². The maximum absolute atomic E-state index is 12.1. The zero-order chi connectivity index (χ0) is 35.7. The van der Waals surface area contributed by atoms with Gasteiger partial charge in [-0.2, -0.15) is 0 Å². The summed E-state index contributed by atoms with van der Waals surface area (Å²) in [6.07, 6.45) is 0. The summed E-state index contributed by atoms with van der Waals surface area (Å²) in [5, 5.41) is 38.2. The third kappa shape index (κ3) is 9.63. The normalized spacial score (nSPS) is 10.7. The quantitative estimate of drug-likeness (QED) is 0.0865. The number of furan rings is 1. The Bertz CT molecular complexity index is 1820. The minimum absolute atomic E-state index is 0.108. The number of ether oxygens (including phenoxy) is 3. The molecule has 4 rings (SSSR count). The van der Waals surface area contributed by atoms with Crippen LogP contribution in [0.5, 0.6) is 11.5 Å². The summed E-state index contributed by atoms with van der Waals surface area (Å²) in [4.78, 5) is 60.5. The van der Waals surface area contributed by atoms with Gasteiger partial charge in [-0.1, -0.05) is 18.2 Å². The van der Waals surface area contributed by atoms with E-state index in [1.807, 2.05) is 0 Å². The Balaban J connectivity index is 1.63. The number of esters is 1. The number of aryl methyl sites for hydroxylation is 1. The Morgan fingerprint density at radius 2 is 1.20 bits per heavy atom. The maximum atomic E-state index is 12.1. The van der Waals surface area contributed by atoms with Gasteiger partial charge in [-0.25, -0.2) is 4.79 Å². The molecule has 15 heteroatoms. The molecule has 0 atom stereocenters. The molecule has 1 heterocycles. The Morgan fingerprint density at radius 1 is 0.673 bits per heavy atom. The summed E-state index contributed by atoms with van der Waals surface area (Å²) in [5.74, 6) is -4.74. The van der Waals surface area contributed by atoms with Gasteiger partial charge in [-0.3, -0.25) is 19.2 Å². The van der Waals surface area contributed by atoms with Gasteiger partial charge in [0.1, 0.15) is 62.2 Å². The molecule has 4 aromatic rings. The van der Waals surface area contributed by atoms with E-state index in [2.05, 4.69) is 0 Å². The van der Waals surface area contributed by atoms with Gasteiger partial charge in [-0.05, 0) is 55.8 Å². The summed E-state index contributed by atoms with van der Waals surface area (Å²) in [7, 11) is 0. The van der Waals surface area contributed by atoms with Crippen LogP contribution in [0.4, 0.5) is 11.4 Å². The second kappa shape index (κ2) is 16.0. The number of rotatable bonds is 18. The van der Waals surface area contributed by atoms with Crippen LogP contribution in [0, 0.1) is 6.92 Å². The fourth-order valence-corrected chi connectivity index (χ4v) is 4.95. The number of carboxylic acid groups (broad SMARTS) is 4. The SMILES string of the molecule is CCOC(=O)c1ccc(-c2cc3cc(OCCOc4cc(C)ccc4N(CC(=O)O)CC(=O)O)c(N(CC(=O)O)CC(=O)O)cc3o2)cc1. The molecule has 258 valence electrons. The van der Waals surface area contributed by atoms with Crippen molar-refractivity contribution in [2.45, 2.75) is 13.8 Å². The second-order valence-corrected chi connectivity index (χ2v) is 10.7. The highest BCUT2D eigenvalue weighted by Gasteiger charge is 2.22. The number of carbonyl (C=O) groups is 5. The predicted molar refractivity (Wildman–Crippen MR) is 175 cm³/mol. The molecule has 0 amide bonds. The van der Waals surface area contributed by atoms with Crippen molar-refractivity contribution in [1.82, 2.24) is 0 Å². The number of carbonyl (C=O) groups excluding carboxylic acids is 1. The van der Waals surface area contributed by atoms with E-state index in [0.717, 1.165) is 15.4 Å². The molecular formula is C34H34N2O13. The maximum Gasteiger partial charge on any atom is 0.338 e. The van der Waals surface area contributed by atoms with Crippen molar-refractivity contribution in [1.29, 1.82) is 0 Å². The minimum Gasteiger partial charge on any atom is -0.488 e. The molecule has 0 saturated heterocycles. The standard InChI is InChI=1S/C34H34N2O13/c1-3-46-34(45)22-7-5-21(6-8-22)26-13-23-14-29(25(15-27(23)49-26)36(18-32(41)42)19-33(43)44)48-11-10-47-28-12-20(2)4-9-24(28)35(16-30(37)38)17-31(39)40/h4-9,12-15H,3,10-11,16-19H2,1-2H3,(H,37,38)(H,39,40)(H,41,42)(H,43,44). The zero-order valence-corrected chi connectivity index (χ0v) is 26.6. The molecule has 4 N–H and O–H groups in total. The van der Waals surface area contributed by atoms with Crippen LogP contribution >= 0.6 is 0 Å². The first kappa shape index (κ1) is 35.6. The van der Waals surface area contributed by atoms with E-state index in [-0.39, 0.29) is 42.7 Å². The average molecular weight is 679 g/mol. The number of hydrogen-bond donors (Lipinski definition) is 4. The van der Waals surface area contributed by atoms with Crippen LogP contribution < -0.4 is 19.3 Å². The highest BCUT2D eigenvalue weighted by molar-refractivity contribution is 5.92. The van der Waals surface area contributed by atoms with Gasteiger partial charge in [-0.15, -0.1) is 0 Å². The summed E-state index contributed by atoms with van der Waals surface area (Å²) in [5.41, 5.74) is 2.43. The van der Waals surface area contributed by atoms with Crippen LogP contribution in [0.3, 0.4) is 0 Å². The van der Waals surface area contributed by atoms with Crippen LogP contribution in [0.2, 0.25) is 0 Å². The Kier molecular flexibility index (Phi) is 11.7. The van der Waals surface area contributed by atoms with Gasteiger partial charge in [0.25, 0.3) is 0 Å². The lowest BCUT2D eigenvalue weighted by Gasteiger charge is -2.25. The summed E-state index contributed by atoms with van der Waals surface area (Å²) < 4.78 is 23.0. The highest BCUT2D eigenvalue weighted by Crippen LogP contribution is 2.37. The molecule has 0 saturated carbocycles. The van der Waals surface area contributed by atoms with E-state index >= 15 is 0 Å². The van der Waals surface area contributed by atoms with Crippen molar-refractivity contribution >= 4 is 52.2 Å². The third-order valence-corrected chi connectivity index (χ3v) is 6.98. The molecule has 0 aliphatic heterocycles. The minimum atomic E-state index is -1.28. The monoisotopic (exact) mass is 678 g/mol. The largest absolute Gasteiger partial charge is 0.488 e. The zero-order valence-electron chi connectivity index (χ0n) is 26.6. The van der Waals surface area contributed by atoms with Gasteiger partial charge in [0.15, 0.2) is 0 Å². The highest BCUT2D eigenvalue weighted by atomic mass is 16.5. The van der Waals surface area contributed by atoms with Gasteiger partial charge in [0.2, 0.25) is 0 Å². The molecule has 0 fully saturated rings. The molecule has 15 nitrogen and oxygen atoms in total. The number of aliphatic carboxylic acids is 4. The molecule has 1 aromatic heterocycles. The lowest BCUT2D eigenvalue weighted by molar-refractivity contribution is -0.138. The molecule has 0 spiro atoms. The first-order chi connectivity index (χ1) is 23.3. The molecule has 0 unspecified atom stereocenters. The predicted octanol–water partition coefficient (Wildman–Crippen LogP) is 3.99. The number of hydrogen-bond acceptors (Lipinski definition) is 11. The smallest absolute Gasteiger partial charge is 0.338 e. The van der Waals surface area contributed by atoms with Crippen LogP contribution in [-0.4, -0.2) is 96.3 Å².